The van der Waals surface area contributed by atoms with Gasteiger partial charge in [-0.05, 0) is 48.5 Å². The number of benzene rings is 2. The molecule has 10 nitrogen and oxygen atoms in total. The van der Waals surface area contributed by atoms with E-state index in [1.54, 1.807) is 23.3 Å². The molecule has 4 aromatic heterocycles. The molecule has 158 valence electrons. The van der Waals surface area contributed by atoms with Crippen LogP contribution in [0.2, 0.25) is 0 Å². The first kappa shape index (κ1) is 18.8. The molecule has 6 aromatic rings. The molecule has 0 atom stereocenters. The lowest BCUT2D eigenvalue weighted by atomic mass is 10.2. The molecule has 4 heterocycles. The summed E-state index contributed by atoms with van der Waals surface area (Å²) >= 11 is 2.84. The molecule has 0 bridgehead atoms. The van der Waals surface area contributed by atoms with Gasteiger partial charge in [0.1, 0.15) is 11.5 Å². The Morgan fingerprint density at radius 3 is 1.38 bits per heavy atom. The summed E-state index contributed by atoms with van der Waals surface area (Å²) in [7, 11) is 3.27. The van der Waals surface area contributed by atoms with Crippen molar-refractivity contribution >= 4 is 32.6 Å². The van der Waals surface area contributed by atoms with Gasteiger partial charge in [-0.1, -0.05) is 22.7 Å². The minimum Gasteiger partial charge on any atom is -0.497 e. The van der Waals surface area contributed by atoms with Crippen molar-refractivity contribution in [2.75, 3.05) is 14.2 Å². The Balaban J connectivity index is 1.39. The fourth-order valence-corrected chi connectivity index (χ4v) is 4.93. The maximum Gasteiger partial charge on any atom is 0.235 e. The second-order valence-corrected chi connectivity index (χ2v) is 8.62. The zero-order valence-corrected chi connectivity index (χ0v) is 18.5. The number of nitrogens with zero attached hydrogens (tertiary/aromatic N) is 8. The Bertz CT molecular complexity index is 1430. The third kappa shape index (κ3) is 2.99. The van der Waals surface area contributed by atoms with Crippen LogP contribution >= 0.6 is 22.7 Å². The first-order valence-corrected chi connectivity index (χ1v) is 11.1. The Hall–Kier alpha value is -3.90. The SMILES string of the molecule is COc1ccc(-c2nnc3sc(-c4nn5c(-c6ccc(OC)cc6)nnc5s4)nn23)cc1. The number of ether oxygens (including phenoxy) is 2. The number of hydrogen-bond acceptors (Lipinski definition) is 10. The molecular weight excluding hydrogens is 448 g/mol. The molecule has 0 spiro atoms. The van der Waals surface area contributed by atoms with Gasteiger partial charge in [-0.25, -0.2) is 0 Å². The van der Waals surface area contributed by atoms with Gasteiger partial charge in [0, 0.05) is 11.1 Å². The van der Waals surface area contributed by atoms with E-state index >= 15 is 0 Å². The number of hydrogen-bond donors (Lipinski definition) is 0. The van der Waals surface area contributed by atoms with Crippen molar-refractivity contribution < 1.29 is 9.47 Å². The summed E-state index contributed by atoms with van der Waals surface area (Å²) < 4.78 is 13.9. The molecule has 0 fully saturated rings. The second kappa shape index (κ2) is 7.35. The average molecular weight is 463 g/mol. The monoisotopic (exact) mass is 462 g/mol. The van der Waals surface area contributed by atoms with Crippen LogP contribution in [-0.4, -0.2) is 53.8 Å². The van der Waals surface area contributed by atoms with Crippen molar-refractivity contribution in [1.82, 2.24) is 39.6 Å². The van der Waals surface area contributed by atoms with Gasteiger partial charge in [0.2, 0.25) is 9.92 Å². The van der Waals surface area contributed by atoms with Gasteiger partial charge >= 0.3 is 0 Å². The van der Waals surface area contributed by atoms with E-state index in [0.29, 0.717) is 21.6 Å². The summed E-state index contributed by atoms with van der Waals surface area (Å²) in [4.78, 5) is 1.37. The summed E-state index contributed by atoms with van der Waals surface area (Å²) in [6.45, 7) is 0. The van der Waals surface area contributed by atoms with Crippen LogP contribution in [0.3, 0.4) is 0 Å². The van der Waals surface area contributed by atoms with Crippen LogP contribution in [0.25, 0.3) is 42.7 Å². The fraction of sp³-hybridized carbons (Fsp3) is 0.100. The minimum atomic E-state index is 0.659. The van der Waals surface area contributed by atoms with Crippen LogP contribution in [0.1, 0.15) is 0 Å². The van der Waals surface area contributed by atoms with Crippen LogP contribution < -0.4 is 9.47 Å². The van der Waals surface area contributed by atoms with Crippen molar-refractivity contribution in [3.63, 3.8) is 0 Å². The predicted octanol–water partition coefficient (Wildman–Crippen LogP) is 3.70. The van der Waals surface area contributed by atoms with E-state index in [1.807, 2.05) is 48.5 Å². The lowest BCUT2D eigenvalue weighted by Crippen LogP contribution is -1.93. The Labute approximate surface area is 188 Å². The summed E-state index contributed by atoms with van der Waals surface area (Å²) in [6.07, 6.45) is 0. The highest BCUT2D eigenvalue weighted by Gasteiger charge is 2.20. The van der Waals surface area contributed by atoms with Crippen molar-refractivity contribution in [3.05, 3.63) is 48.5 Å². The average Bonchev–Trinajstić information content (AvgIpc) is 3.59. The molecule has 6 rings (SSSR count). The number of methoxy groups -OCH3 is 2. The molecule has 0 radical (unpaired) electrons. The fourth-order valence-electron chi connectivity index (χ4n) is 3.25. The molecule has 0 saturated carbocycles. The van der Waals surface area contributed by atoms with Crippen molar-refractivity contribution in [3.8, 4) is 44.3 Å². The molecule has 0 aliphatic rings. The highest BCUT2D eigenvalue weighted by molar-refractivity contribution is 7.26. The third-order valence-electron chi connectivity index (χ3n) is 4.86. The van der Waals surface area contributed by atoms with Gasteiger partial charge in [-0.2, -0.15) is 9.03 Å². The van der Waals surface area contributed by atoms with Crippen molar-refractivity contribution in [2.24, 2.45) is 0 Å². The lowest BCUT2D eigenvalue weighted by Gasteiger charge is -2.00. The van der Waals surface area contributed by atoms with Crippen LogP contribution in [0, 0.1) is 0 Å². The molecule has 0 amide bonds. The normalized spacial score (nSPS) is 11.4. The topological polar surface area (TPSA) is 105 Å². The van der Waals surface area contributed by atoms with Crippen LogP contribution in [0.5, 0.6) is 11.5 Å². The number of aromatic nitrogens is 8. The standard InChI is InChI=1S/C20H14N8O2S2/c1-29-13-7-3-11(4-8-13)15-21-23-19-27(15)25-17(31-19)18-26-28-16(22-24-20(28)32-18)12-5-9-14(30-2)10-6-12/h3-10H,1-2H3. The summed E-state index contributed by atoms with van der Waals surface area (Å²) in [6, 6.07) is 15.2. The summed E-state index contributed by atoms with van der Waals surface area (Å²) in [5.41, 5.74) is 1.80. The maximum absolute atomic E-state index is 5.23. The molecule has 2 aromatic carbocycles. The van der Waals surface area contributed by atoms with Gasteiger partial charge in [0.15, 0.2) is 21.7 Å². The van der Waals surface area contributed by atoms with E-state index in [0.717, 1.165) is 32.6 Å². The van der Waals surface area contributed by atoms with Gasteiger partial charge in [-0.3, -0.25) is 0 Å². The van der Waals surface area contributed by atoms with Gasteiger partial charge in [0.25, 0.3) is 0 Å². The van der Waals surface area contributed by atoms with Crippen LogP contribution in [0.4, 0.5) is 0 Å². The second-order valence-electron chi connectivity index (χ2n) is 6.71. The minimum absolute atomic E-state index is 0.659. The van der Waals surface area contributed by atoms with Gasteiger partial charge in [-0.15, -0.1) is 30.6 Å². The molecule has 0 aliphatic heterocycles. The van der Waals surface area contributed by atoms with Crippen molar-refractivity contribution in [1.29, 1.82) is 0 Å². The van der Waals surface area contributed by atoms with E-state index < -0.39 is 0 Å². The quantitative estimate of drug-likeness (QED) is 0.382. The van der Waals surface area contributed by atoms with Crippen LogP contribution in [-0.2, 0) is 0 Å². The van der Waals surface area contributed by atoms with Gasteiger partial charge < -0.3 is 9.47 Å². The zero-order valence-electron chi connectivity index (χ0n) is 16.8. The van der Waals surface area contributed by atoms with Crippen LogP contribution in [0.15, 0.2) is 48.5 Å². The smallest absolute Gasteiger partial charge is 0.235 e. The summed E-state index contributed by atoms with van der Waals surface area (Å²) in [5, 5.41) is 28.0. The largest absolute Gasteiger partial charge is 0.497 e. The lowest BCUT2D eigenvalue weighted by molar-refractivity contribution is 0.414. The Kier molecular flexibility index (Phi) is 4.33. The number of fused-ring (bicyclic) bond motifs is 2. The zero-order chi connectivity index (χ0) is 21.7. The third-order valence-corrected chi connectivity index (χ3v) is 6.80. The van der Waals surface area contributed by atoms with E-state index in [2.05, 4.69) is 20.4 Å². The molecular formula is C20H14N8O2S2. The Morgan fingerprint density at radius 2 is 1.00 bits per heavy atom. The molecule has 32 heavy (non-hydrogen) atoms. The first-order chi connectivity index (χ1) is 15.7. The molecule has 12 heteroatoms. The predicted molar refractivity (Wildman–Crippen MR) is 120 cm³/mol. The Morgan fingerprint density at radius 1 is 0.594 bits per heavy atom. The van der Waals surface area contributed by atoms with E-state index in [-0.39, 0.29) is 0 Å². The first-order valence-electron chi connectivity index (χ1n) is 9.47. The van der Waals surface area contributed by atoms with E-state index in [1.165, 1.54) is 22.7 Å². The maximum atomic E-state index is 5.23. The highest BCUT2D eigenvalue weighted by atomic mass is 32.1. The molecule has 0 aliphatic carbocycles. The summed E-state index contributed by atoms with van der Waals surface area (Å²) in [5.74, 6) is 2.88. The van der Waals surface area contributed by atoms with E-state index in [9.17, 15) is 0 Å². The molecule has 0 unspecified atom stereocenters. The van der Waals surface area contributed by atoms with Crippen molar-refractivity contribution in [2.45, 2.75) is 0 Å². The van der Waals surface area contributed by atoms with Gasteiger partial charge in [0.05, 0.1) is 14.2 Å². The molecule has 0 saturated heterocycles. The highest BCUT2D eigenvalue weighted by Crippen LogP contribution is 2.32. The molecule has 0 N–H and O–H groups in total. The van der Waals surface area contributed by atoms with E-state index in [4.69, 9.17) is 19.7 Å². The number of rotatable bonds is 5.